The molecule has 1 aromatic carbocycles. The average Bonchev–Trinajstić information content (AvgIpc) is 2.63. The first-order chi connectivity index (χ1) is 13.7. The number of anilines is 1. The van der Waals surface area contributed by atoms with E-state index in [0.717, 1.165) is 43.4 Å². The van der Waals surface area contributed by atoms with Crippen molar-refractivity contribution in [1.29, 1.82) is 0 Å². The molecule has 0 aromatic heterocycles. The second kappa shape index (κ2) is 13.2. The maximum absolute atomic E-state index is 12.0. The minimum Gasteiger partial charge on any atom is -0.444 e. The Kier molecular flexibility index (Phi) is 11.3. The minimum atomic E-state index is -0.524. The highest BCUT2D eigenvalue weighted by Gasteiger charge is 2.15. The average molecular weight is 409 g/mol. The highest BCUT2D eigenvalue weighted by Crippen LogP contribution is 2.13. The monoisotopic (exact) mass is 408 g/mol. The van der Waals surface area contributed by atoms with Crippen molar-refractivity contribution in [2.45, 2.75) is 77.5 Å². The number of unbranched alkanes of at least 4 members (excludes halogenated alkanes) is 3. The number of aliphatic hydroxyl groups excluding tert-OH is 1. The molecule has 0 radical (unpaired) electrons. The van der Waals surface area contributed by atoms with Gasteiger partial charge in [-0.25, -0.2) is 4.79 Å². The van der Waals surface area contributed by atoms with Crippen molar-refractivity contribution in [3.8, 4) is 0 Å². The van der Waals surface area contributed by atoms with Crippen LogP contribution >= 0.6 is 0 Å². The number of methoxy groups -OCH3 is 1. The van der Waals surface area contributed by atoms with Gasteiger partial charge in [0.25, 0.3) is 0 Å². The lowest BCUT2D eigenvalue weighted by molar-refractivity contribution is -0.116. The maximum Gasteiger partial charge on any atom is 0.407 e. The summed E-state index contributed by atoms with van der Waals surface area (Å²) in [5, 5.41) is 15.2. The van der Waals surface area contributed by atoms with Crippen LogP contribution in [0.15, 0.2) is 24.3 Å². The predicted octanol–water partition coefficient (Wildman–Crippen LogP) is 4.00. The molecule has 0 spiro atoms. The molecule has 0 aliphatic carbocycles. The Labute approximate surface area is 174 Å². The van der Waals surface area contributed by atoms with Crippen LogP contribution in [0.2, 0.25) is 0 Å². The topological polar surface area (TPSA) is 96.9 Å². The molecular weight excluding hydrogens is 372 g/mol. The molecular formula is C22H36N2O5. The van der Waals surface area contributed by atoms with Gasteiger partial charge in [0.1, 0.15) is 5.60 Å². The smallest absolute Gasteiger partial charge is 0.407 e. The van der Waals surface area contributed by atoms with Gasteiger partial charge in [0.05, 0.1) is 12.7 Å². The molecule has 3 N–H and O–H groups in total. The van der Waals surface area contributed by atoms with Crippen LogP contribution in [0.1, 0.15) is 64.9 Å². The Morgan fingerprint density at radius 1 is 1.07 bits per heavy atom. The number of benzene rings is 1. The highest BCUT2D eigenvalue weighted by molar-refractivity contribution is 5.90. The Balaban J connectivity index is 2.20. The number of nitrogens with one attached hydrogen (secondary N) is 2. The molecule has 1 rings (SSSR count). The van der Waals surface area contributed by atoms with Gasteiger partial charge in [0, 0.05) is 25.8 Å². The molecule has 0 fully saturated rings. The summed E-state index contributed by atoms with van der Waals surface area (Å²) in [5.41, 5.74) is 1.13. The lowest BCUT2D eigenvalue weighted by Gasteiger charge is -2.19. The Morgan fingerprint density at radius 2 is 1.72 bits per heavy atom. The number of carbonyl (C=O) groups is 2. The standard InChI is InChI=1S/C22H36N2O5/c1-22(2,3)29-21(27)23-15-17-11-13-18(14-12-17)24-20(26)10-8-6-5-7-9-19(25)16-28-4/h11-14,19,25H,5-10,15-16H2,1-4H3,(H,23,27)(H,24,26). The molecule has 1 unspecified atom stereocenters. The molecule has 0 bridgehead atoms. The third-order valence-electron chi connectivity index (χ3n) is 4.12. The molecule has 29 heavy (non-hydrogen) atoms. The van der Waals surface area contributed by atoms with E-state index < -0.39 is 17.8 Å². The fourth-order valence-corrected chi connectivity index (χ4v) is 2.71. The fourth-order valence-electron chi connectivity index (χ4n) is 2.71. The number of aliphatic hydroxyl groups is 1. The zero-order valence-corrected chi connectivity index (χ0v) is 18.1. The Morgan fingerprint density at radius 3 is 2.34 bits per heavy atom. The summed E-state index contributed by atoms with van der Waals surface area (Å²) in [5.74, 6) is -0.0101. The van der Waals surface area contributed by atoms with E-state index in [9.17, 15) is 14.7 Å². The van der Waals surface area contributed by atoms with Gasteiger partial charge in [-0.15, -0.1) is 0 Å². The third kappa shape index (κ3) is 12.9. The van der Waals surface area contributed by atoms with E-state index in [-0.39, 0.29) is 5.91 Å². The van der Waals surface area contributed by atoms with Crippen LogP contribution in [-0.4, -0.2) is 42.5 Å². The molecule has 2 amide bonds. The molecule has 0 saturated heterocycles. The van der Waals surface area contributed by atoms with E-state index >= 15 is 0 Å². The first-order valence-corrected chi connectivity index (χ1v) is 10.2. The number of rotatable bonds is 12. The van der Waals surface area contributed by atoms with Crippen molar-refractivity contribution in [3.05, 3.63) is 29.8 Å². The highest BCUT2D eigenvalue weighted by atomic mass is 16.6. The number of carbonyl (C=O) groups excluding carboxylic acids is 2. The van der Waals surface area contributed by atoms with Gasteiger partial charge >= 0.3 is 6.09 Å². The zero-order chi connectivity index (χ0) is 21.7. The maximum atomic E-state index is 12.0. The number of amides is 2. The van der Waals surface area contributed by atoms with Gasteiger partial charge in [-0.3, -0.25) is 4.79 Å². The van der Waals surface area contributed by atoms with Gasteiger partial charge in [0.15, 0.2) is 0 Å². The molecule has 164 valence electrons. The van der Waals surface area contributed by atoms with Crippen LogP contribution in [-0.2, 0) is 20.8 Å². The Bertz CT molecular complexity index is 611. The quantitative estimate of drug-likeness (QED) is 0.454. The Hall–Kier alpha value is -2.12. The molecule has 7 heteroatoms. The summed E-state index contributed by atoms with van der Waals surface area (Å²) in [6.07, 6.45) is 4.07. The second-order valence-corrected chi connectivity index (χ2v) is 8.16. The SMILES string of the molecule is COCC(O)CCCCCCC(=O)Nc1ccc(CNC(=O)OC(C)(C)C)cc1. The van der Waals surface area contributed by atoms with Crippen molar-refractivity contribution < 1.29 is 24.2 Å². The molecule has 0 saturated carbocycles. The molecule has 1 atom stereocenters. The third-order valence-corrected chi connectivity index (χ3v) is 4.12. The van der Waals surface area contributed by atoms with Crippen LogP contribution in [0.4, 0.5) is 10.5 Å². The van der Waals surface area contributed by atoms with E-state index in [4.69, 9.17) is 9.47 Å². The lowest BCUT2D eigenvalue weighted by atomic mass is 10.1. The molecule has 0 aliphatic heterocycles. The summed E-state index contributed by atoms with van der Waals surface area (Å²) < 4.78 is 10.1. The van der Waals surface area contributed by atoms with Gasteiger partial charge in [-0.05, 0) is 51.3 Å². The van der Waals surface area contributed by atoms with E-state index in [1.165, 1.54) is 0 Å². The van der Waals surface area contributed by atoms with Gasteiger partial charge in [-0.1, -0.05) is 31.4 Å². The predicted molar refractivity (Wildman–Crippen MR) is 114 cm³/mol. The molecule has 7 nitrogen and oxygen atoms in total. The largest absolute Gasteiger partial charge is 0.444 e. The second-order valence-electron chi connectivity index (χ2n) is 8.16. The number of hydrogen-bond acceptors (Lipinski definition) is 5. The van der Waals surface area contributed by atoms with Gasteiger partial charge in [0.2, 0.25) is 5.91 Å². The van der Waals surface area contributed by atoms with E-state index in [0.29, 0.717) is 19.6 Å². The zero-order valence-electron chi connectivity index (χ0n) is 18.1. The van der Waals surface area contributed by atoms with E-state index in [1.807, 2.05) is 45.0 Å². The summed E-state index contributed by atoms with van der Waals surface area (Å²) in [6.45, 7) is 6.19. The number of alkyl carbamates (subject to hydrolysis) is 1. The van der Waals surface area contributed by atoms with Crippen LogP contribution < -0.4 is 10.6 Å². The van der Waals surface area contributed by atoms with E-state index in [2.05, 4.69) is 10.6 Å². The van der Waals surface area contributed by atoms with Crippen LogP contribution in [0.3, 0.4) is 0 Å². The first kappa shape index (κ1) is 24.9. The van der Waals surface area contributed by atoms with Crippen molar-refractivity contribution in [2.24, 2.45) is 0 Å². The lowest BCUT2D eigenvalue weighted by Crippen LogP contribution is -2.32. The summed E-state index contributed by atoms with van der Waals surface area (Å²) >= 11 is 0. The summed E-state index contributed by atoms with van der Waals surface area (Å²) in [4.78, 5) is 23.7. The first-order valence-electron chi connectivity index (χ1n) is 10.2. The van der Waals surface area contributed by atoms with Crippen LogP contribution in [0, 0.1) is 0 Å². The number of ether oxygens (including phenoxy) is 2. The van der Waals surface area contributed by atoms with Crippen LogP contribution in [0.25, 0.3) is 0 Å². The molecule has 1 aromatic rings. The molecule has 0 heterocycles. The summed E-state index contributed by atoms with van der Waals surface area (Å²) in [6, 6.07) is 7.36. The van der Waals surface area contributed by atoms with E-state index in [1.54, 1.807) is 7.11 Å². The normalized spacial score (nSPS) is 12.3. The van der Waals surface area contributed by atoms with Gasteiger partial charge < -0.3 is 25.2 Å². The van der Waals surface area contributed by atoms with Crippen LogP contribution in [0.5, 0.6) is 0 Å². The summed E-state index contributed by atoms with van der Waals surface area (Å²) in [7, 11) is 1.58. The fraction of sp³-hybridized carbons (Fsp3) is 0.636. The van der Waals surface area contributed by atoms with Crippen molar-refractivity contribution >= 4 is 17.7 Å². The van der Waals surface area contributed by atoms with Crippen molar-refractivity contribution in [3.63, 3.8) is 0 Å². The number of hydrogen-bond donors (Lipinski definition) is 3. The molecule has 0 aliphatic rings. The van der Waals surface area contributed by atoms with Crippen molar-refractivity contribution in [2.75, 3.05) is 19.0 Å². The van der Waals surface area contributed by atoms with Crippen molar-refractivity contribution in [1.82, 2.24) is 5.32 Å². The van der Waals surface area contributed by atoms with Gasteiger partial charge in [-0.2, -0.15) is 0 Å². The minimum absolute atomic E-state index is 0.0101.